The molecule has 6 heteroatoms. The molecule has 2 aromatic carbocycles. The zero-order valence-corrected chi connectivity index (χ0v) is 13.2. The zero-order chi connectivity index (χ0) is 17.6. The molecule has 2 heterocycles. The molecule has 3 aromatic rings. The molecule has 0 aliphatic carbocycles. The highest BCUT2D eigenvalue weighted by molar-refractivity contribution is 5.86. The van der Waals surface area contributed by atoms with Crippen LogP contribution < -0.4 is 10.5 Å². The fourth-order valence-corrected chi connectivity index (χ4v) is 3.39. The molecule has 0 unspecified atom stereocenters. The summed E-state index contributed by atoms with van der Waals surface area (Å²) in [6, 6.07) is 13.5. The number of nitrogens with zero attached hydrogens (tertiary/aromatic N) is 1. The first-order valence-corrected chi connectivity index (χ1v) is 7.98. The number of nitrogens with one attached hydrogen (secondary N) is 1. The second-order valence-corrected chi connectivity index (χ2v) is 6.22. The Morgan fingerprint density at radius 2 is 1.76 bits per heavy atom. The van der Waals surface area contributed by atoms with Crippen molar-refractivity contribution in [1.82, 2.24) is 4.98 Å². The lowest BCUT2D eigenvalue weighted by Gasteiger charge is -2.31. The van der Waals surface area contributed by atoms with Crippen LogP contribution in [0.15, 0.2) is 53.3 Å². The SMILES string of the molecule is O=c1cc(C(F)(F)F)c2cc(N3CCc4ccccc4C3)ccc2[nH]1. The first-order chi connectivity index (χ1) is 11.9. The number of pyridine rings is 1. The van der Waals surface area contributed by atoms with Gasteiger partial charge in [-0.15, -0.1) is 0 Å². The normalized spacial score (nSPS) is 14.6. The lowest BCUT2D eigenvalue weighted by atomic mass is 9.99. The van der Waals surface area contributed by atoms with Gasteiger partial charge in [0.2, 0.25) is 5.56 Å². The molecule has 0 amide bonds. The van der Waals surface area contributed by atoms with Crippen molar-refractivity contribution in [1.29, 1.82) is 0 Å². The van der Waals surface area contributed by atoms with Crippen LogP contribution in [0.1, 0.15) is 16.7 Å². The van der Waals surface area contributed by atoms with Crippen LogP contribution in [0.3, 0.4) is 0 Å². The molecule has 0 spiro atoms. The van der Waals surface area contributed by atoms with Gasteiger partial charge in [-0.25, -0.2) is 0 Å². The molecule has 0 fully saturated rings. The van der Waals surface area contributed by atoms with Gasteiger partial charge >= 0.3 is 6.18 Å². The van der Waals surface area contributed by atoms with Gasteiger partial charge in [-0.1, -0.05) is 24.3 Å². The molecule has 4 rings (SSSR count). The second kappa shape index (κ2) is 5.65. The van der Waals surface area contributed by atoms with Crippen LogP contribution in [0.5, 0.6) is 0 Å². The first-order valence-electron chi connectivity index (χ1n) is 7.98. The molecule has 0 saturated heterocycles. The third kappa shape index (κ3) is 2.88. The van der Waals surface area contributed by atoms with E-state index in [0.717, 1.165) is 18.7 Å². The number of aromatic amines is 1. The molecule has 128 valence electrons. The van der Waals surface area contributed by atoms with Crippen LogP contribution in [0.2, 0.25) is 0 Å². The fraction of sp³-hybridized carbons (Fsp3) is 0.211. The largest absolute Gasteiger partial charge is 0.417 e. The van der Waals surface area contributed by atoms with Crippen LogP contribution >= 0.6 is 0 Å². The van der Waals surface area contributed by atoms with Crippen LogP contribution in [0.25, 0.3) is 10.9 Å². The molecule has 0 saturated carbocycles. The third-order valence-electron chi connectivity index (χ3n) is 4.63. The van der Waals surface area contributed by atoms with E-state index in [1.54, 1.807) is 12.1 Å². The lowest BCUT2D eigenvalue weighted by Crippen LogP contribution is -2.30. The maximum atomic E-state index is 13.3. The Labute approximate surface area is 141 Å². The maximum absolute atomic E-state index is 13.3. The van der Waals surface area contributed by atoms with E-state index < -0.39 is 17.3 Å². The summed E-state index contributed by atoms with van der Waals surface area (Å²) in [5.41, 5.74) is 1.73. The van der Waals surface area contributed by atoms with Crippen molar-refractivity contribution in [2.45, 2.75) is 19.1 Å². The van der Waals surface area contributed by atoms with Crippen LogP contribution in [-0.2, 0) is 19.1 Å². The van der Waals surface area contributed by atoms with Crippen molar-refractivity contribution in [3.8, 4) is 0 Å². The predicted octanol–water partition coefficient (Wildman–Crippen LogP) is 4.11. The number of benzene rings is 2. The number of H-pyrrole nitrogens is 1. The average molecular weight is 344 g/mol. The second-order valence-electron chi connectivity index (χ2n) is 6.22. The summed E-state index contributed by atoms with van der Waals surface area (Å²) in [7, 11) is 0. The molecule has 1 N–H and O–H groups in total. The van der Waals surface area contributed by atoms with Crippen molar-refractivity contribution in [2.75, 3.05) is 11.4 Å². The van der Waals surface area contributed by atoms with Crippen molar-refractivity contribution in [2.24, 2.45) is 0 Å². The van der Waals surface area contributed by atoms with E-state index >= 15 is 0 Å². The Morgan fingerprint density at radius 1 is 1.00 bits per heavy atom. The van der Waals surface area contributed by atoms with Gasteiger partial charge in [0.25, 0.3) is 0 Å². The maximum Gasteiger partial charge on any atom is 0.417 e. The summed E-state index contributed by atoms with van der Waals surface area (Å²) in [5, 5.41) is 0.0171. The summed E-state index contributed by atoms with van der Waals surface area (Å²) >= 11 is 0. The predicted molar refractivity (Wildman–Crippen MR) is 90.8 cm³/mol. The van der Waals surface area contributed by atoms with Gasteiger partial charge < -0.3 is 9.88 Å². The summed E-state index contributed by atoms with van der Waals surface area (Å²) < 4.78 is 39.9. The molecular weight excluding hydrogens is 329 g/mol. The fourth-order valence-electron chi connectivity index (χ4n) is 3.39. The van der Waals surface area contributed by atoms with E-state index in [9.17, 15) is 18.0 Å². The lowest BCUT2D eigenvalue weighted by molar-refractivity contribution is -0.136. The minimum atomic E-state index is -4.57. The number of rotatable bonds is 1. The molecule has 0 atom stereocenters. The van der Waals surface area contributed by atoms with Gasteiger partial charge in [0, 0.05) is 35.7 Å². The van der Waals surface area contributed by atoms with Crippen LogP contribution in [0.4, 0.5) is 18.9 Å². The minimum absolute atomic E-state index is 0.0171. The van der Waals surface area contributed by atoms with Gasteiger partial charge in [-0.2, -0.15) is 13.2 Å². The van der Waals surface area contributed by atoms with Gasteiger partial charge in [0.15, 0.2) is 0 Å². The zero-order valence-electron chi connectivity index (χ0n) is 13.2. The van der Waals surface area contributed by atoms with Gasteiger partial charge in [-0.3, -0.25) is 4.79 Å². The highest BCUT2D eigenvalue weighted by Crippen LogP contribution is 2.35. The Morgan fingerprint density at radius 3 is 2.52 bits per heavy atom. The van der Waals surface area contributed by atoms with E-state index in [-0.39, 0.29) is 10.9 Å². The smallest absolute Gasteiger partial charge is 0.367 e. The number of alkyl halides is 3. The standard InChI is InChI=1S/C19H15F3N2O/c20-19(21,22)16-10-18(25)23-17-6-5-14(9-15(16)17)24-8-7-12-3-1-2-4-13(12)11-24/h1-6,9-10H,7-8,11H2,(H,23,25). The molecule has 25 heavy (non-hydrogen) atoms. The Kier molecular flexibility index (Phi) is 3.56. The van der Waals surface area contributed by atoms with Gasteiger partial charge in [0.05, 0.1) is 5.56 Å². The summed E-state index contributed by atoms with van der Waals surface area (Å²) in [4.78, 5) is 16.0. The third-order valence-corrected chi connectivity index (χ3v) is 4.63. The Hall–Kier alpha value is -2.76. The van der Waals surface area contributed by atoms with E-state index in [2.05, 4.69) is 16.0 Å². The molecule has 1 aliphatic heterocycles. The number of hydrogen-bond donors (Lipinski definition) is 1. The highest BCUT2D eigenvalue weighted by atomic mass is 19.4. The Bertz CT molecular complexity index is 1010. The molecule has 1 aliphatic rings. The number of fused-ring (bicyclic) bond motifs is 2. The number of hydrogen-bond acceptors (Lipinski definition) is 2. The van der Waals surface area contributed by atoms with Crippen molar-refractivity contribution < 1.29 is 13.2 Å². The molecule has 0 bridgehead atoms. The van der Waals surface area contributed by atoms with Crippen molar-refractivity contribution >= 4 is 16.6 Å². The topological polar surface area (TPSA) is 36.1 Å². The monoisotopic (exact) mass is 344 g/mol. The van der Waals surface area contributed by atoms with Crippen molar-refractivity contribution in [3.63, 3.8) is 0 Å². The van der Waals surface area contributed by atoms with Crippen LogP contribution in [0, 0.1) is 0 Å². The van der Waals surface area contributed by atoms with E-state index in [0.29, 0.717) is 12.6 Å². The Balaban J connectivity index is 1.80. The van der Waals surface area contributed by atoms with E-state index in [1.807, 2.05) is 18.2 Å². The molecular formula is C19H15F3N2O. The first kappa shape index (κ1) is 15.7. The number of halogens is 3. The number of anilines is 1. The highest BCUT2D eigenvalue weighted by Gasteiger charge is 2.33. The van der Waals surface area contributed by atoms with E-state index in [1.165, 1.54) is 17.2 Å². The molecule has 3 nitrogen and oxygen atoms in total. The van der Waals surface area contributed by atoms with Gasteiger partial charge in [0.1, 0.15) is 0 Å². The van der Waals surface area contributed by atoms with E-state index in [4.69, 9.17) is 0 Å². The number of aromatic nitrogens is 1. The summed E-state index contributed by atoms with van der Waals surface area (Å²) in [5.74, 6) is 0. The van der Waals surface area contributed by atoms with Gasteiger partial charge in [-0.05, 0) is 35.7 Å². The minimum Gasteiger partial charge on any atom is -0.367 e. The molecule has 1 aromatic heterocycles. The summed E-state index contributed by atoms with van der Waals surface area (Å²) in [6.45, 7) is 1.40. The van der Waals surface area contributed by atoms with Crippen LogP contribution in [-0.4, -0.2) is 11.5 Å². The summed E-state index contributed by atoms with van der Waals surface area (Å²) in [6.07, 6.45) is -3.72. The molecule has 0 radical (unpaired) electrons. The van der Waals surface area contributed by atoms with Crippen molar-refractivity contribution in [3.05, 3.63) is 75.6 Å². The quantitative estimate of drug-likeness (QED) is 0.721. The average Bonchev–Trinajstić information content (AvgIpc) is 2.59.